The highest BCUT2D eigenvalue weighted by molar-refractivity contribution is 5.92. The molecule has 0 aliphatic heterocycles. The molecule has 0 saturated heterocycles. The molecule has 4 nitrogen and oxygen atoms in total. The van der Waals surface area contributed by atoms with Crippen molar-refractivity contribution in [2.75, 3.05) is 0 Å². The Kier molecular flexibility index (Phi) is 4.19. The number of fused-ring (bicyclic) bond motifs is 1. The molecule has 7 heteroatoms. The Morgan fingerprint density at radius 3 is 2.22 bits per heavy atom. The van der Waals surface area contributed by atoms with Gasteiger partial charge in [0.05, 0.1) is 16.6 Å². The Balaban J connectivity index is 1.74. The summed E-state index contributed by atoms with van der Waals surface area (Å²) in [5, 5.41) is 0. The molecule has 0 amide bonds. The number of hydrogen-bond donors (Lipinski definition) is 0. The summed E-state index contributed by atoms with van der Waals surface area (Å²) in [5.41, 5.74) is 2.11. The summed E-state index contributed by atoms with van der Waals surface area (Å²) >= 11 is 0. The number of nitrogens with zero attached hydrogens (tertiary/aromatic N) is 3. The van der Waals surface area contributed by atoms with Crippen LogP contribution in [0.2, 0.25) is 0 Å². The first-order chi connectivity index (χ1) is 13.0. The lowest BCUT2D eigenvalue weighted by atomic mass is 10.1. The number of benzene rings is 2. The third-order valence-electron chi connectivity index (χ3n) is 3.96. The highest BCUT2D eigenvalue weighted by atomic mass is 19.4. The van der Waals surface area contributed by atoms with Crippen LogP contribution in [0.3, 0.4) is 0 Å². The van der Waals surface area contributed by atoms with E-state index in [0.29, 0.717) is 11.1 Å². The van der Waals surface area contributed by atoms with E-state index in [2.05, 4.69) is 15.0 Å². The Labute approximate surface area is 152 Å². The van der Waals surface area contributed by atoms with Gasteiger partial charge in [-0.3, -0.25) is 9.97 Å². The van der Waals surface area contributed by atoms with Crippen LogP contribution in [0.5, 0.6) is 11.6 Å². The Morgan fingerprint density at radius 1 is 0.704 bits per heavy atom. The first kappa shape index (κ1) is 17.0. The van der Waals surface area contributed by atoms with E-state index < -0.39 is 11.7 Å². The van der Waals surface area contributed by atoms with Gasteiger partial charge in [0.15, 0.2) is 0 Å². The van der Waals surface area contributed by atoms with Crippen molar-refractivity contribution in [3.8, 4) is 22.8 Å². The maximum Gasteiger partial charge on any atom is 0.416 e. The molecule has 134 valence electrons. The molecule has 4 rings (SSSR count). The largest absolute Gasteiger partial charge is 0.438 e. The van der Waals surface area contributed by atoms with Crippen LogP contribution in [0.15, 0.2) is 73.2 Å². The highest BCUT2D eigenvalue weighted by Crippen LogP contribution is 2.35. The zero-order chi connectivity index (χ0) is 18.9. The molecule has 2 aromatic heterocycles. The second-order valence-corrected chi connectivity index (χ2v) is 5.71. The second-order valence-electron chi connectivity index (χ2n) is 5.71. The molecule has 0 spiro atoms. The maximum absolute atomic E-state index is 12.7. The molecule has 27 heavy (non-hydrogen) atoms. The van der Waals surface area contributed by atoms with E-state index in [1.807, 2.05) is 24.3 Å². The molecular weight excluding hydrogens is 355 g/mol. The van der Waals surface area contributed by atoms with Crippen molar-refractivity contribution < 1.29 is 17.9 Å². The molecule has 0 N–H and O–H groups in total. The van der Waals surface area contributed by atoms with Crippen LogP contribution >= 0.6 is 0 Å². The van der Waals surface area contributed by atoms with Crippen molar-refractivity contribution in [3.05, 3.63) is 78.8 Å². The topological polar surface area (TPSA) is 47.9 Å². The van der Waals surface area contributed by atoms with Crippen molar-refractivity contribution in [1.29, 1.82) is 0 Å². The zero-order valence-corrected chi connectivity index (χ0v) is 13.8. The normalized spacial score (nSPS) is 11.5. The smallest absolute Gasteiger partial charge is 0.416 e. The number of aromatic nitrogens is 3. The number of para-hydroxylation sites is 1. The van der Waals surface area contributed by atoms with Gasteiger partial charge in [0, 0.05) is 29.7 Å². The number of halogens is 3. The highest BCUT2D eigenvalue weighted by Gasteiger charge is 2.30. The summed E-state index contributed by atoms with van der Waals surface area (Å²) in [6.07, 6.45) is 0.365. The third-order valence-corrected chi connectivity index (χ3v) is 3.96. The van der Waals surface area contributed by atoms with E-state index in [4.69, 9.17) is 4.74 Å². The van der Waals surface area contributed by atoms with Crippen molar-refractivity contribution >= 4 is 11.0 Å². The van der Waals surface area contributed by atoms with Gasteiger partial charge in [-0.2, -0.15) is 13.2 Å². The van der Waals surface area contributed by atoms with Crippen LogP contribution in [0.1, 0.15) is 5.56 Å². The van der Waals surface area contributed by atoms with E-state index in [0.717, 1.165) is 23.2 Å². The Bertz CT molecular complexity index is 1090. The van der Waals surface area contributed by atoms with E-state index in [-0.39, 0.29) is 11.6 Å². The molecule has 2 heterocycles. The monoisotopic (exact) mass is 367 g/mol. The van der Waals surface area contributed by atoms with Crippen LogP contribution in [-0.4, -0.2) is 15.0 Å². The van der Waals surface area contributed by atoms with Gasteiger partial charge in [-0.25, -0.2) is 4.98 Å². The minimum atomic E-state index is -4.39. The van der Waals surface area contributed by atoms with Gasteiger partial charge < -0.3 is 4.74 Å². The lowest BCUT2D eigenvalue weighted by Crippen LogP contribution is -2.04. The van der Waals surface area contributed by atoms with E-state index >= 15 is 0 Å². The molecule has 0 radical (unpaired) electrons. The van der Waals surface area contributed by atoms with E-state index in [1.165, 1.54) is 12.1 Å². The summed E-state index contributed by atoms with van der Waals surface area (Å²) in [6.45, 7) is 0. The first-order valence-corrected chi connectivity index (χ1v) is 8.02. The maximum atomic E-state index is 12.7. The average Bonchev–Trinajstić information content (AvgIpc) is 2.68. The van der Waals surface area contributed by atoms with Crippen molar-refractivity contribution in [1.82, 2.24) is 15.0 Å². The quantitative estimate of drug-likeness (QED) is 0.479. The molecule has 0 unspecified atom stereocenters. The van der Waals surface area contributed by atoms with Crippen LogP contribution in [0, 0.1) is 0 Å². The molecular formula is C20H12F3N3O. The summed E-state index contributed by atoms with van der Waals surface area (Å²) in [7, 11) is 0. The lowest BCUT2D eigenvalue weighted by molar-refractivity contribution is -0.137. The molecule has 2 aromatic carbocycles. The Morgan fingerprint density at radius 2 is 1.44 bits per heavy atom. The van der Waals surface area contributed by atoms with Crippen LogP contribution in [0.25, 0.3) is 22.2 Å². The summed E-state index contributed by atoms with van der Waals surface area (Å²) in [4.78, 5) is 12.9. The van der Waals surface area contributed by atoms with Gasteiger partial charge in [0.25, 0.3) is 0 Å². The van der Waals surface area contributed by atoms with Gasteiger partial charge in [-0.1, -0.05) is 12.1 Å². The fourth-order valence-corrected chi connectivity index (χ4v) is 2.71. The van der Waals surface area contributed by atoms with E-state index in [1.54, 1.807) is 24.7 Å². The predicted octanol–water partition coefficient (Wildman–Crippen LogP) is 5.50. The molecule has 0 aliphatic carbocycles. The van der Waals surface area contributed by atoms with Crippen molar-refractivity contribution in [3.63, 3.8) is 0 Å². The van der Waals surface area contributed by atoms with Gasteiger partial charge in [0.1, 0.15) is 5.75 Å². The van der Waals surface area contributed by atoms with Gasteiger partial charge in [-0.05, 0) is 42.5 Å². The third kappa shape index (κ3) is 3.44. The van der Waals surface area contributed by atoms with E-state index in [9.17, 15) is 13.2 Å². The summed E-state index contributed by atoms with van der Waals surface area (Å²) in [6, 6.07) is 13.6. The minimum Gasteiger partial charge on any atom is -0.438 e. The molecule has 4 aromatic rings. The molecule has 0 aliphatic rings. The van der Waals surface area contributed by atoms with Gasteiger partial charge in [-0.15, -0.1) is 0 Å². The first-order valence-electron chi connectivity index (χ1n) is 8.02. The molecule has 0 atom stereocenters. The van der Waals surface area contributed by atoms with Crippen molar-refractivity contribution in [2.45, 2.75) is 6.18 Å². The summed E-state index contributed by atoms with van der Waals surface area (Å²) in [5.74, 6) is 0.532. The number of hydrogen-bond acceptors (Lipinski definition) is 4. The standard InChI is InChI=1S/C20H12F3N3O/c21-20(22,23)13-6-8-14(9-7-13)27-19-16(4-2-10-26-19)15-3-1-5-17-18(15)25-12-11-24-17/h1-12H. The fourth-order valence-electron chi connectivity index (χ4n) is 2.71. The number of ether oxygens (including phenoxy) is 1. The van der Waals surface area contributed by atoms with Crippen molar-refractivity contribution in [2.24, 2.45) is 0 Å². The lowest BCUT2D eigenvalue weighted by Gasteiger charge is -2.12. The predicted molar refractivity (Wildman–Crippen MR) is 94.3 cm³/mol. The summed E-state index contributed by atoms with van der Waals surface area (Å²) < 4.78 is 43.9. The van der Waals surface area contributed by atoms with Crippen LogP contribution < -0.4 is 4.74 Å². The van der Waals surface area contributed by atoms with Crippen LogP contribution in [0.4, 0.5) is 13.2 Å². The van der Waals surface area contributed by atoms with Crippen LogP contribution in [-0.2, 0) is 6.18 Å². The molecule has 0 saturated carbocycles. The minimum absolute atomic E-state index is 0.259. The zero-order valence-electron chi connectivity index (χ0n) is 13.8. The van der Waals surface area contributed by atoms with Gasteiger partial charge in [0.2, 0.25) is 5.88 Å². The SMILES string of the molecule is FC(F)(F)c1ccc(Oc2ncccc2-c2cccc3nccnc23)cc1. The fraction of sp³-hybridized carbons (Fsp3) is 0.0500. The molecule has 0 fully saturated rings. The molecule has 0 bridgehead atoms. The van der Waals surface area contributed by atoms with Gasteiger partial charge >= 0.3 is 6.18 Å². The number of alkyl halides is 3. The number of rotatable bonds is 3. The second kappa shape index (κ2) is 6.68. The Hall–Kier alpha value is -3.48. The average molecular weight is 367 g/mol. The number of pyridine rings is 1.